The average Bonchev–Trinajstić information content (AvgIpc) is 2.17. The Morgan fingerprint density at radius 3 is 2.27 bits per heavy atom. The van der Waals surface area contributed by atoms with Gasteiger partial charge in [0.1, 0.15) is 11.7 Å². The van der Waals surface area contributed by atoms with Crippen LogP contribution in [0.2, 0.25) is 0 Å². The van der Waals surface area contributed by atoms with Crippen molar-refractivity contribution in [1.82, 2.24) is 0 Å². The van der Waals surface area contributed by atoms with Gasteiger partial charge in [-0.15, -0.1) is 0 Å². The van der Waals surface area contributed by atoms with Crippen LogP contribution in [-0.4, -0.2) is 18.4 Å². The fourth-order valence-electron chi connectivity index (χ4n) is 1.51. The highest BCUT2D eigenvalue weighted by Gasteiger charge is 2.23. The summed E-state index contributed by atoms with van der Waals surface area (Å²) in [5, 5.41) is 0. The second kappa shape index (κ2) is 8.45. The number of ether oxygens (including phenoxy) is 1. The van der Waals surface area contributed by atoms with E-state index in [0.29, 0.717) is 13.0 Å². The highest BCUT2D eigenvalue weighted by atomic mass is 16.5. The molecule has 0 bridgehead atoms. The average molecular weight is 214 g/mol. The van der Waals surface area contributed by atoms with Gasteiger partial charge in [-0.25, -0.2) is 0 Å². The molecule has 0 unspecified atom stereocenters. The maximum absolute atomic E-state index is 11.4. The first-order valence-electron chi connectivity index (χ1n) is 5.80. The van der Waals surface area contributed by atoms with Gasteiger partial charge in [0.2, 0.25) is 0 Å². The van der Waals surface area contributed by atoms with Crippen molar-refractivity contribution < 1.29 is 14.3 Å². The highest BCUT2D eigenvalue weighted by Crippen LogP contribution is 2.13. The molecule has 0 aromatic rings. The summed E-state index contributed by atoms with van der Waals surface area (Å²) < 4.78 is 4.86. The lowest BCUT2D eigenvalue weighted by molar-refractivity contribution is -0.151. The number of ketones is 1. The summed E-state index contributed by atoms with van der Waals surface area (Å²) in [7, 11) is 0. The van der Waals surface area contributed by atoms with E-state index in [4.69, 9.17) is 4.74 Å². The molecule has 0 rings (SSSR count). The van der Waals surface area contributed by atoms with Crippen molar-refractivity contribution in [2.45, 2.75) is 52.9 Å². The van der Waals surface area contributed by atoms with Gasteiger partial charge in [-0.05, 0) is 20.3 Å². The normalized spacial score (nSPS) is 12.2. The summed E-state index contributed by atoms with van der Waals surface area (Å²) in [4.78, 5) is 22.6. The fourth-order valence-corrected chi connectivity index (χ4v) is 1.51. The van der Waals surface area contributed by atoms with Crippen molar-refractivity contribution in [2.24, 2.45) is 5.92 Å². The minimum absolute atomic E-state index is 0.0788. The van der Waals surface area contributed by atoms with E-state index in [0.717, 1.165) is 25.7 Å². The Morgan fingerprint density at radius 2 is 1.80 bits per heavy atom. The summed E-state index contributed by atoms with van der Waals surface area (Å²) in [6.07, 6.45) is 4.96. The lowest BCUT2D eigenvalue weighted by Gasteiger charge is -2.11. The molecule has 0 aliphatic heterocycles. The molecule has 0 spiro atoms. The SMILES string of the molecule is CCCCCC[C@H](C(C)=O)C(=O)OCC. The zero-order valence-corrected chi connectivity index (χ0v) is 10.0. The lowest BCUT2D eigenvalue weighted by Crippen LogP contribution is -2.24. The molecule has 0 aromatic carbocycles. The van der Waals surface area contributed by atoms with Crippen LogP contribution in [0.3, 0.4) is 0 Å². The molecule has 3 heteroatoms. The number of carbonyl (C=O) groups excluding carboxylic acids is 2. The molecule has 0 aromatic heterocycles. The van der Waals surface area contributed by atoms with E-state index in [9.17, 15) is 9.59 Å². The van der Waals surface area contributed by atoms with Gasteiger partial charge in [0.25, 0.3) is 0 Å². The number of rotatable bonds is 8. The summed E-state index contributed by atoms with van der Waals surface area (Å²) in [6, 6.07) is 0. The van der Waals surface area contributed by atoms with Gasteiger partial charge in [0.15, 0.2) is 0 Å². The van der Waals surface area contributed by atoms with Crippen LogP contribution < -0.4 is 0 Å². The van der Waals surface area contributed by atoms with Crippen LogP contribution in [0.1, 0.15) is 52.9 Å². The Morgan fingerprint density at radius 1 is 1.13 bits per heavy atom. The quantitative estimate of drug-likeness (QED) is 0.354. The molecule has 0 saturated heterocycles. The summed E-state index contributed by atoms with van der Waals surface area (Å²) in [5.74, 6) is -0.978. The van der Waals surface area contributed by atoms with Crippen LogP contribution in [0.5, 0.6) is 0 Å². The molecule has 0 heterocycles. The van der Waals surface area contributed by atoms with E-state index < -0.39 is 5.92 Å². The van der Waals surface area contributed by atoms with Crippen LogP contribution in [-0.2, 0) is 14.3 Å². The van der Waals surface area contributed by atoms with Crippen molar-refractivity contribution in [3.8, 4) is 0 Å². The molecule has 15 heavy (non-hydrogen) atoms. The molecule has 3 nitrogen and oxygen atoms in total. The fraction of sp³-hybridized carbons (Fsp3) is 0.833. The Balaban J connectivity index is 3.94. The lowest BCUT2D eigenvalue weighted by atomic mass is 9.97. The highest BCUT2D eigenvalue weighted by molar-refractivity contribution is 5.97. The first-order chi connectivity index (χ1) is 7.13. The minimum Gasteiger partial charge on any atom is -0.465 e. The van der Waals surface area contributed by atoms with Gasteiger partial charge in [-0.3, -0.25) is 9.59 Å². The summed E-state index contributed by atoms with van der Waals surface area (Å²) in [6.45, 7) is 5.69. The van der Waals surface area contributed by atoms with E-state index in [1.807, 2.05) is 0 Å². The van der Waals surface area contributed by atoms with Crippen molar-refractivity contribution >= 4 is 11.8 Å². The van der Waals surface area contributed by atoms with Crippen molar-refractivity contribution in [3.63, 3.8) is 0 Å². The zero-order chi connectivity index (χ0) is 11.7. The van der Waals surface area contributed by atoms with Gasteiger partial charge in [0.05, 0.1) is 6.61 Å². The van der Waals surface area contributed by atoms with E-state index in [2.05, 4.69) is 6.92 Å². The first kappa shape index (κ1) is 14.1. The van der Waals surface area contributed by atoms with Gasteiger partial charge in [-0.2, -0.15) is 0 Å². The maximum Gasteiger partial charge on any atom is 0.316 e. The monoisotopic (exact) mass is 214 g/mol. The third kappa shape index (κ3) is 6.26. The molecular formula is C12H22O3. The Bertz CT molecular complexity index is 199. The number of hydrogen-bond donors (Lipinski definition) is 0. The Kier molecular flexibility index (Phi) is 7.96. The molecule has 0 saturated carbocycles. The number of carbonyl (C=O) groups is 2. The molecular weight excluding hydrogens is 192 g/mol. The van der Waals surface area contributed by atoms with Crippen molar-refractivity contribution in [3.05, 3.63) is 0 Å². The molecule has 0 fully saturated rings. The van der Waals surface area contributed by atoms with Gasteiger partial charge in [-0.1, -0.05) is 32.6 Å². The summed E-state index contributed by atoms with van der Waals surface area (Å²) >= 11 is 0. The van der Waals surface area contributed by atoms with Crippen LogP contribution in [0.25, 0.3) is 0 Å². The van der Waals surface area contributed by atoms with Gasteiger partial charge >= 0.3 is 5.97 Å². The number of Topliss-reactive ketones (excluding diaryl/α,β-unsaturated/α-hetero) is 1. The maximum atomic E-state index is 11.4. The van der Waals surface area contributed by atoms with Gasteiger partial charge in [0, 0.05) is 0 Å². The molecule has 1 atom stereocenters. The topological polar surface area (TPSA) is 43.4 Å². The van der Waals surface area contributed by atoms with Crippen LogP contribution >= 0.6 is 0 Å². The number of hydrogen-bond acceptors (Lipinski definition) is 3. The molecule has 88 valence electrons. The molecule has 0 aliphatic rings. The van der Waals surface area contributed by atoms with Gasteiger partial charge < -0.3 is 4.74 Å². The van der Waals surface area contributed by atoms with E-state index >= 15 is 0 Å². The predicted octanol–water partition coefficient (Wildman–Crippen LogP) is 2.73. The Labute approximate surface area is 92.2 Å². The third-order valence-electron chi connectivity index (χ3n) is 2.41. The molecule has 0 N–H and O–H groups in total. The third-order valence-corrected chi connectivity index (χ3v) is 2.41. The summed E-state index contributed by atoms with van der Waals surface area (Å²) in [5.41, 5.74) is 0. The molecule has 0 amide bonds. The second-order valence-electron chi connectivity index (χ2n) is 3.76. The number of unbranched alkanes of at least 4 members (excludes halogenated alkanes) is 3. The predicted molar refractivity (Wildman–Crippen MR) is 59.6 cm³/mol. The standard InChI is InChI=1S/C12H22O3/c1-4-6-7-8-9-11(10(3)13)12(14)15-5-2/h11H,4-9H2,1-3H3/t11-/m1/s1. The van der Waals surface area contributed by atoms with Crippen LogP contribution in [0.15, 0.2) is 0 Å². The van der Waals surface area contributed by atoms with E-state index in [1.165, 1.54) is 6.92 Å². The first-order valence-corrected chi connectivity index (χ1v) is 5.80. The minimum atomic E-state index is -0.540. The largest absolute Gasteiger partial charge is 0.465 e. The zero-order valence-electron chi connectivity index (χ0n) is 10.0. The number of esters is 1. The Hall–Kier alpha value is -0.860. The van der Waals surface area contributed by atoms with E-state index in [-0.39, 0.29) is 11.8 Å². The smallest absolute Gasteiger partial charge is 0.316 e. The van der Waals surface area contributed by atoms with Crippen LogP contribution in [0, 0.1) is 5.92 Å². The molecule has 0 radical (unpaired) electrons. The van der Waals surface area contributed by atoms with Crippen molar-refractivity contribution in [2.75, 3.05) is 6.61 Å². The second-order valence-corrected chi connectivity index (χ2v) is 3.76. The molecule has 0 aliphatic carbocycles. The van der Waals surface area contributed by atoms with E-state index in [1.54, 1.807) is 6.92 Å². The van der Waals surface area contributed by atoms with Crippen LogP contribution in [0.4, 0.5) is 0 Å². The van der Waals surface area contributed by atoms with Crippen molar-refractivity contribution in [1.29, 1.82) is 0 Å².